The van der Waals surface area contributed by atoms with E-state index in [0.29, 0.717) is 55.6 Å². The quantitative estimate of drug-likeness (QED) is 0.292. The first-order valence-corrected chi connectivity index (χ1v) is 13.4. The van der Waals surface area contributed by atoms with E-state index in [-0.39, 0.29) is 37.1 Å². The molecular weight excluding hydrogens is 530 g/mol. The maximum atomic E-state index is 13.9. The van der Waals surface area contributed by atoms with E-state index < -0.39 is 11.4 Å². The van der Waals surface area contributed by atoms with Crippen LogP contribution in [0.15, 0.2) is 41.5 Å². The summed E-state index contributed by atoms with van der Waals surface area (Å²) < 4.78 is 29.5. The predicted octanol–water partition coefficient (Wildman–Crippen LogP) is 2.65. The second-order valence-electron chi connectivity index (χ2n) is 9.78. The Kier molecular flexibility index (Phi) is 9.79. The van der Waals surface area contributed by atoms with Crippen molar-refractivity contribution in [1.82, 2.24) is 25.2 Å². The highest BCUT2D eigenvalue weighted by Crippen LogP contribution is 2.37. The normalized spacial score (nSPS) is 16.6. The molecule has 12 heteroatoms. The summed E-state index contributed by atoms with van der Waals surface area (Å²) in [4.78, 5) is 29.2. The number of nitrogens with zero attached hydrogens (tertiary/aromatic N) is 4. The van der Waals surface area contributed by atoms with Gasteiger partial charge in [-0.05, 0) is 19.9 Å². The zero-order valence-corrected chi connectivity index (χ0v) is 24.0. The van der Waals surface area contributed by atoms with E-state index in [0.717, 1.165) is 5.56 Å². The zero-order chi connectivity index (χ0) is 29.4. The van der Waals surface area contributed by atoms with Gasteiger partial charge in [-0.1, -0.05) is 36.1 Å². The Morgan fingerprint density at radius 1 is 1.22 bits per heavy atom. The van der Waals surface area contributed by atoms with Crippen molar-refractivity contribution in [2.75, 3.05) is 47.2 Å². The van der Waals surface area contributed by atoms with Crippen LogP contribution in [0.25, 0.3) is 6.08 Å². The molecule has 1 N–H and O–H groups in total. The molecule has 0 spiro atoms. The zero-order valence-electron chi connectivity index (χ0n) is 24.0. The van der Waals surface area contributed by atoms with Crippen LogP contribution in [0.4, 0.5) is 0 Å². The average Bonchev–Trinajstić information content (AvgIpc) is 3.55. The van der Waals surface area contributed by atoms with Gasteiger partial charge in [-0.15, -0.1) is 5.10 Å². The van der Waals surface area contributed by atoms with Crippen molar-refractivity contribution in [3.8, 4) is 11.5 Å². The molecule has 0 saturated heterocycles. The number of nitrogens with one attached hydrogen (secondary N) is 1. The maximum Gasteiger partial charge on any atom is 0.294 e. The number of methoxy groups -OCH3 is 2. The Morgan fingerprint density at radius 2 is 2.02 bits per heavy atom. The first-order valence-electron chi connectivity index (χ1n) is 13.4. The van der Waals surface area contributed by atoms with Crippen molar-refractivity contribution in [2.24, 2.45) is 0 Å². The molecule has 41 heavy (non-hydrogen) atoms. The van der Waals surface area contributed by atoms with E-state index in [4.69, 9.17) is 23.4 Å². The molecule has 0 radical (unpaired) electrons. The lowest BCUT2D eigenvalue weighted by Gasteiger charge is -2.37. The van der Waals surface area contributed by atoms with Crippen molar-refractivity contribution in [3.05, 3.63) is 65.4 Å². The lowest BCUT2D eigenvalue weighted by atomic mass is 9.98. The number of hydrogen-bond acceptors (Lipinski definition) is 9. The minimum Gasteiger partial charge on any atom is -0.496 e. The first kappa shape index (κ1) is 29.8. The van der Waals surface area contributed by atoms with Crippen LogP contribution in [0.5, 0.6) is 11.5 Å². The van der Waals surface area contributed by atoms with Gasteiger partial charge in [-0.25, -0.2) is 4.68 Å². The topological polar surface area (TPSA) is 130 Å². The number of para-hydroxylation sites is 1. The van der Waals surface area contributed by atoms with Crippen molar-refractivity contribution >= 4 is 17.9 Å². The van der Waals surface area contributed by atoms with E-state index in [1.165, 1.54) is 4.90 Å². The molecule has 4 rings (SSSR count). The maximum absolute atomic E-state index is 13.9. The molecule has 1 aliphatic rings. The summed E-state index contributed by atoms with van der Waals surface area (Å²) in [6.07, 6.45) is 3.74. The highest BCUT2D eigenvalue weighted by Gasteiger charge is 2.48. The number of carbonyl (C=O) groups excluding carboxylic acids is 2. The number of benzene rings is 1. The minimum atomic E-state index is -1.36. The fourth-order valence-electron chi connectivity index (χ4n) is 4.64. The SMILES string of the molecule is C=Cc1c(C)oc2c1OC[C@](C)(C(=O)NCc1ccccc1OC)N(CCc1cn(CCOCCOC)nn1)C2=O. The Hall–Kier alpha value is -4.16. The molecule has 12 nitrogen and oxygen atoms in total. The van der Waals surface area contributed by atoms with Crippen molar-refractivity contribution in [3.63, 3.8) is 0 Å². The largest absolute Gasteiger partial charge is 0.496 e. The first-order chi connectivity index (χ1) is 19.8. The molecule has 0 saturated carbocycles. The van der Waals surface area contributed by atoms with Gasteiger partial charge in [0, 0.05) is 38.4 Å². The molecule has 0 aliphatic carbocycles. The summed E-state index contributed by atoms with van der Waals surface area (Å²) in [6.45, 7) is 9.54. The number of ether oxygens (including phenoxy) is 4. The number of aryl methyl sites for hydroxylation is 1. The molecule has 1 atom stereocenters. The summed E-state index contributed by atoms with van der Waals surface area (Å²) in [6, 6.07) is 7.42. The molecule has 0 unspecified atom stereocenters. The molecule has 0 fully saturated rings. The number of amides is 2. The Bertz CT molecular complexity index is 1370. The molecule has 1 aromatic carbocycles. The number of hydrogen-bond donors (Lipinski definition) is 1. The van der Waals surface area contributed by atoms with Crippen LogP contribution in [-0.2, 0) is 33.8 Å². The molecule has 3 heterocycles. The van der Waals surface area contributed by atoms with Gasteiger partial charge in [0.2, 0.25) is 11.7 Å². The number of aromatic nitrogens is 3. The standard InChI is InChI=1S/C29H37N5O7/c1-6-23-20(2)41-26-25(23)40-19-29(3,28(36)30-17-21-9-7-8-10-24(21)38-5)34(27(26)35)12-11-22-18-33(32-31-22)13-14-39-16-15-37-4/h6-10,18H,1,11-17,19H2,2-5H3,(H,30,36)/t29-/m1/s1. The molecule has 0 bridgehead atoms. The van der Waals surface area contributed by atoms with Crippen molar-refractivity contribution in [1.29, 1.82) is 0 Å². The molecule has 2 amide bonds. The van der Waals surface area contributed by atoms with Gasteiger partial charge in [0.25, 0.3) is 5.91 Å². The summed E-state index contributed by atoms with van der Waals surface area (Å²) in [5.74, 6) is 0.653. The highest BCUT2D eigenvalue weighted by atomic mass is 16.5. The van der Waals surface area contributed by atoms with Crippen LogP contribution in [0, 0.1) is 6.92 Å². The van der Waals surface area contributed by atoms with Gasteiger partial charge < -0.3 is 33.6 Å². The third-order valence-corrected chi connectivity index (χ3v) is 7.02. The molecular formula is C29H37N5O7. The van der Waals surface area contributed by atoms with Gasteiger partial charge in [-0.2, -0.15) is 0 Å². The summed E-state index contributed by atoms with van der Waals surface area (Å²) >= 11 is 0. The number of rotatable bonds is 14. The molecule has 220 valence electrons. The monoisotopic (exact) mass is 567 g/mol. The van der Waals surface area contributed by atoms with E-state index in [2.05, 4.69) is 22.2 Å². The van der Waals surface area contributed by atoms with Crippen LogP contribution >= 0.6 is 0 Å². The summed E-state index contributed by atoms with van der Waals surface area (Å²) in [5, 5.41) is 11.4. The Labute approximate surface area is 239 Å². The van der Waals surface area contributed by atoms with Gasteiger partial charge in [-0.3, -0.25) is 9.59 Å². The van der Waals surface area contributed by atoms with E-state index in [1.54, 1.807) is 45.0 Å². The van der Waals surface area contributed by atoms with Crippen LogP contribution in [0.3, 0.4) is 0 Å². The van der Waals surface area contributed by atoms with Gasteiger partial charge >= 0.3 is 0 Å². The highest BCUT2D eigenvalue weighted by molar-refractivity contribution is 6.01. The number of furan rings is 1. The predicted molar refractivity (Wildman–Crippen MR) is 150 cm³/mol. The van der Waals surface area contributed by atoms with Gasteiger partial charge in [0.15, 0.2) is 11.3 Å². The van der Waals surface area contributed by atoms with E-state index in [9.17, 15) is 9.59 Å². The van der Waals surface area contributed by atoms with Gasteiger partial charge in [0.05, 0.1) is 44.7 Å². The smallest absolute Gasteiger partial charge is 0.294 e. The van der Waals surface area contributed by atoms with E-state index >= 15 is 0 Å². The van der Waals surface area contributed by atoms with Crippen molar-refractivity contribution in [2.45, 2.75) is 38.9 Å². The molecule has 1 aliphatic heterocycles. The second-order valence-corrected chi connectivity index (χ2v) is 9.78. The fourth-order valence-corrected chi connectivity index (χ4v) is 4.64. The molecule has 3 aromatic rings. The van der Waals surface area contributed by atoms with Gasteiger partial charge in [0.1, 0.15) is 18.1 Å². The Morgan fingerprint density at radius 3 is 2.78 bits per heavy atom. The molecule has 2 aromatic heterocycles. The van der Waals surface area contributed by atoms with E-state index in [1.807, 2.05) is 24.3 Å². The van der Waals surface area contributed by atoms with Crippen LogP contribution in [0.2, 0.25) is 0 Å². The summed E-state index contributed by atoms with van der Waals surface area (Å²) in [7, 11) is 3.20. The lowest BCUT2D eigenvalue weighted by Crippen LogP contribution is -2.61. The number of fused-ring (bicyclic) bond motifs is 1. The Balaban J connectivity index is 1.53. The second kappa shape index (κ2) is 13.5. The third-order valence-electron chi connectivity index (χ3n) is 7.02. The fraction of sp³-hybridized carbons (Fsp3) is 0.448. The minimum absolute atomic E-state index is 0.0375. The number of carbonyl (C=O) groups is 2. The third kappa shape index (κ3) is 6.60. The van der Waals surface area contributed by atoms with Crippen molar-refractivity contribution < 1.29 is 33.0 Å². The van der Waals surface area contributed by atoms with Crippen LogP contribution in [0.1, 0.15) is 40.1 Å². The van der Waals surface area contributed by atoms with Crippen LogP contribution < -0.4 is 14.8 Å². The lowest BCUT2D eigenvalue weighted by molar-refractivity contribution is -0.133. The average molecular weight is 568 g/mol. The summed E-state index contributed by atoms with van der Waals surface area (Å²) in [5.41, 5.74) is 0.693. The van der Waals surface area contributed by atoms with Crippen LogP contribution in [-0.4, -0.2) is 84.4 Å².